The van der Waals surface area contributed by atoms with E-state index < -0.39 is 0 Å². The molecule has 3 aliphatic rings. The highest BCUT2D eigenvalue weighted by molar-refractivity contribution is 5.34. The molecule has 1 aromatic carbocycles. The number of hydrogen-bond acceptors (Lipinski definition) is 0. The summed E-state index contributed by atoms with van der Waals surface area (Å²) in [4.78, 5) is 0. The van der Waals surface area contributed by atoms with Crippen molar-refractivity contribution in [3.8, 4) is 0 Å². The van der Waals surface area contributed by atoms with E-state index in [1.165, 1.54) is 44.1 Å². The predicted molar refractivity (Wildman–Crippen MR) is 91.8 cm³/mol. The zero-order chi connectivity index (χ0) is 15.3. The van der Waals surface area contributed by atoms with Gasteiger partial charge in [0.25, 0.3) is 0 Å². The summed E-state index contributed by atoms with van der Waals surface area (Å²) in [6, 6.07) is 9.63. The minimum absolute atomic E-state index is 0.266. The summed E-state index contributed by atoms with van der Waals surface area (Å²) in [5.41, 5.74) is 4.53. The first kappa shape index (κ1) is 15.1. The Kier molecular flexibility index (Phi) is 3.50. The van der Waals surface area contributed by atoms with Crippen LogP contribution >= 0.6 is 0 Å². The molecule has 0 heterocycles. The number of rotatable bonds is 2. The quantitative estimate of drug-likeness (QED) is 0.603. The van der Waals surface area contributed by atoms with Crippen LogP contribution in [-0.2, 0) is 10.8 Å². The molecule has 116 valence electrons. The van der Waals surface area contributed by atoms with Crippen molar-refractivity contribution in [2.24, 2.45) is 11.3 Å². The molecular weight excluding hydrogens is 252 g/mol. The standard InChI is InChI=1S/C21H32/c1-16(2)20-10-13-21(14-11-20,15-12-20)18-8-6-17(7-9-18)19(3,4)5/h6-9,16H,10-15H2,1-5H3. The highest BCUT2D eigenvalue weighted by atomic mass is 14.5. The second-order valence-electron chi connectivity index (χ2n) is 9.12. The largest absolute Gasteiger partial charge is 0.0622 e. The molecule has 2 bridgehead atoms. The fourth-order valence-corrected chi connectivity index (χ4v) is 4.84. The number of fused-ring (bicyclic) bond motifs is 3. The van der Waals surface area contributed by atoms with E-state index in [0.717, 1.165) is 5.92 Å². The molecule has 0 spiro atoms. The van der Waals surface area contributed by atoms with Crippen molar-refractivity contribution in [3.63, 3.8) is 0 Å². The van der Waals surface area contributed by atoms with Gasteiger partial charge in [0, 0.05) is 0 Å². The van der Waals surface area contributed by atoms with E-state index in [9.17, 15) is 0 Å². The lowest BCUT2D eigenvalue weighted by molar-refractivity contribution is 0.00185. The Bertz CT molecular complexity index is 473. The van der Waals surface area contributed by atoms with Crippen LogP contribution in [-0.4, -0.2) is 0 Å². The first-order valence-corrected chi connectivity index (χ1v) is 8.89. The molecule has 1 aromatic rings. The summed E-state index contributed by atoms with van der Waals surface area (Å²) < 4.78 is 0. The lowest BCUT2D eigenvalue weighted by Crippen LogP contribution is -2.46. The number of benzene rings is 1. The van der Waals surface area contributed by atoms with Gasteiger partial charge in [0.15, 0.2) is 0 Å². The second-order valence-corrected chi connectivity index (χ2v) is 9.12. The molecule has 4 rings (SSSR count). The van der Waals surface area contributed by atoms with Crippen molar-refractivity contribution < 1.29 is 0 Å². The molecule has 0 radical (unpaired) electrons. The molecule has 0 amide bonds. The van der Waals surface area contributed by atoms with Crippen LogP contribution in [0.5, 0.6) is 0 Å². The molecule has 0 atom stereocenters. The molecule has 3 aliphatic carbocycles. The van der Waals surface area contributed by atoms with Gasteiger partial charge in [-0.15, -0.1) is 0 Å². The Labute approximate surface area is 131 Å². The van der Waals surface area contributed by atoms with Gasteiger partial charge in [0.05, 0.1) is 0 Å². The van der Waals surface area contributed by atoms with E-state index in [4.69, 9.17) is 0 Å². The molecule has 0 unspecified atom stereocenters. The van der Waals surface area contributed by atoms with Gasteiger partial charge >= 0.3 is 0 Å². The van der Waals surface area contributed by atoms with E-state index in [2.05, 4.69) is 58.9 Å². The van der Waals surface area contributed by atoms with Crippen molar-refractivity contribution in [3.05, 3.63) is 35.4 Å². The fourth-order valence-electron chi connectivity index (χ4n) is 4.84. The first-order valence-electron chi connectivity index (χ1n) is 8.89. The molecular formula is C21H32. The maximum absolute atomic E-state index is 2.44. The van der Waals surface area contributed by atoms with Gasteiger partial charge < -0.3 is 0 Å². The van der Waals surface area contributed by atoms with E-state index in [-0.39, 0.29) is 5.41 Å². The van der Waals surface area contributed by atoms with Crippen LogP contribution in [0.15, 0.2) is 24.3 Å². The van der Waals surface area contributed by atoms with E-state index >= 15 is 0 Å². The average Bonchev–Trinajstić information content (AvgIpc) is 2.48. The Morgan fingerprint density at radius 2 is 1.29 bits per heavy atom. The highest BCUT2D eigenvalue weighted by Gasteiger charge is 2.50. The Morgan fingerprint density at radius 3 is 1.67 bits per heavy atom. The van der Waals surface area contributed by atoms with Crippen LogP contribution in [0.4, 0.5) is 0 Å². The summed E-state index contributed by atoms with van der Waals surface area (Å²) in [5, 5.41) is 0. The Morgan fingerprint density at radius 1 is 0.810 bits per heavy atom. The molecule has 0 N–H and O–H groups in total. The van der Waals surface area contributed by atoms with Gasteiger partial charge in [0.2, 0.25) is 0 Å². The van der Waals surface area contributed by atoms with Crippen LogP contribution in [0.1, 0.15) is 84.3 Å². The Balaban J connectivity index is 1.83. The van der Waals surface area contributed by atoms with Crippen LogP contribution < -0.4 is 0 Å². The smallest absolute Gasteiger partial charge is 0.00463 e. The molecule has 3 saturated carbocycles. The maximum atomic E-state index is 2.44. The molecule has 0 aromatic heterocycles. The van der Waals surface area contributed by atoms with Gasteiger partial charge in [-0.25, -0.2) is 0 Å². The SMILES string of the molecule is CC(C)C12CCC(c3ccc(C(C)(C)C)cc3)(CC1)CC2. The van der Waals surface area contributed by atoms with Crippen LogP contribution in [0, 0.1) is 11.3 Å². The highest BCUT2D eigenvalue weighted by Crippen LogP contribution is 2.60. The summed E-state index contributed by atoms with van der Waals surface area (Å²) in [7, 11) is 0. The van der Waals surface area contributed by atoms with Crippen LogP contribution in [0.25, 0.3) is 0 Å². The third kappa shape index (κ3) is 2.45. The third-order valence-corrected chi connectivity index (χ3v) is 6.89. The molecule has 21 heavy (non-hydrogen) atoms. The van der Waals surface area contributed by atoms with Crippen LogP contribution in [0.3, 0.4) is 0 Å². The third-order valence-electron chi connectivity index (χ3n) is 6.89. The lowest BCUT2D eigenvalue weighted by atomic mass is 9.49. The predicted octanol–water partition coefficient (Wildman–Crippen LogP) is 6.23. The average molecular weight is 284 g/mol. The van der Waals surface area contributed by atoms with Crippen molar-refractivity contribution in [1.82, 2.24) is 0 Å². The van der Waals surface area contributed by atoms with Crippen molar-refractivity contribution in [2.45, 2.75) is 84.0 Å². The summed E-state index contributed by atoms with van der Waals surface area (Å²) in [6.07, 6.45) is 8.60. The molecule has 0 saturated heterocycles. The second kappa shape index (κ2) is 4.86. The zero-order valence-electron chi connectivity index (χ0n) is 14.6. The molecule has 0 heteroatoms. The van der Waals surface area contributed by atoms with Gasteiger partial charge in [-0.1, -0.05) is 58.9 Å². The van der Waals surface area contributed by atoms with Crippen LogP contribution in [0.2, 0.25) is 0 Å². The topological polar surface area (TPSA) is 0 Å². The minimum atomic E-state index is 0.266. The summed E-state index contributed by atoms with van der Waals surface area (Å²) >= 11 is 0. The van der Waals surface area contributed by atoms with Crippen molar-refractivity contribution in [1.29, 1.82) is 0 Å². The lowest BCUT2D eigenvalue weighted by Gasteiger charge is -2.56. The van der Waals surface area contributed by atoms with E-state index in [0.29, 0.717) is 10.8 Å². The Hall–Kier alpha value is -0.780. The van der Waals surface area contributed by atoms with Crippen molar-refractivity contribution >= 4 is 0 Å². The minimum Gasteiger partial charge on any atom is -0.0622 e. The maximum Gasteiger partial charge on any atom is -0.00463 e. The summed E-state index contributed by atoms with van der Waals surface area (Å²) in [6.45, 7) is 11.8. The van der Waals surface area contributed by atoms with Crippen molar-refractivity contribution in [2.75, 3.05) is 0 Å². The van der Waals surface area contributed by atoms with Gasteiger partial charge in [-0.3, -0.25) is 0 Å². The van der Waals surface area contributed by atoms with E-state index in [1.807, 2.05) is 0 Å². The molecule has 0 nitrogen and oxygen atoms in total. The van der Waals surface area contributed by atoms with E-state index in [1.54, 1.807) is 5.56 Å². The monoisotopic (exact) mass is 284 g/mol. The number of hydrogen-bond donors (Lipinski definition) is 0. The molecule has 0 aliphatic heterocycles. The normalized spacial score (nSPS) is 32.7. The molecule has 3 fully saturated rings. The van der Waals surface area contributed by atoms with Gasteiger partial charge in [-0.05, 0) is 71.8 Å². The fraction of sp³-hybridized carbons (Fsp3) is 0.714. The van der Waals surface area contributed by atoms with Gasteiger partial charge in [0.1, 0.15) is 0 Å². The van der Waals surface area contributed by atoms with Gasteiger partial charge in [-0.2, -0.15) is 0 Å². The zero-order valence-corrected chi connectivity index (χ0v) is 14.6. The first-order chi connectivity index (χ1) is 9.78. The summed E-state index contributed by atoms with van der Waals surface area (Å²) in [5.74, 6) is 0.860.